The summed E-state index contributed by atoms with van der Waals surface area (Å²) in [6.45, 7) is 2.18. The number of hydrogen-bond donors (Lipinski definition) is 1. The van der Waals surface area contributed by atoms with Crippen LogP contribution in [0.3, 0.4) is 0 Å². The summed E-state index contributed by atoms with van der Waals surface area (Å²) in [5.74, 6) is 0.994. The van der Waals surface area contributed by atoms with Crippen molar-refractivity contribution in [3.8, 4) is 0 Å². The number of aryl methyl sites for hydroxylation is 1. The van der Waals surface area contributed by atoms with E-state index in [0.29, 0.717) is 6.04 Å². The van der Waals surface area contributed by atoms with Crippen molar-refractivity contribution in [1.29, 1.82) is 0 Å². The molecular weight excluding hydrogens is 272 g/mol. The molecule has 1 heterocycles. The summed E-state index contributed by atoms with van der Waals surface area (Å²) in [4.78, 5) is 11.2. The van der Waals surface area contributed by atoms with E-state index in [1.807, 2.05) is 0 Å². The molecule has 3 rings (SSSR count). The van der Waals surface area contributed by atoms with E-state index in [9.17, 15) is 0 Å². The molecule has 118 valence electrons. The number of benzene rings is 1. The molecule has 1 fully saturated rings. The largest absolute Gasteiger partial charge is 0.367 e. The van der Waals surface area contributed by atoms with Crippen molar-refractivity contribution in [2.24, 2.45) is 0 Å². The highest BCUT2D eigenvalue weighted by Crippen LogP contribution is 2.27. The number of fused-ring (bicyclic) bond motifs is 1. The third kappa shape index (κ3) is 3.22. The molecule has 0 bridgehead atoms. The first-order valence-corrected chi connectivity index (χ1v) is 8.34. The maximum absolute atomic E-state index is 4.50. The molecule has 0 atom stereocenters. The Bertz CT molecular complexity index is 630. The zero-order valence-corrected chi connectivity index (χ0v) is 13.8. The number of hydrogen-bond acceptors (Lipinski definition) is 4. The number of rotatable bonds is 4. The lowest BCUT2D eigenvalue weighted by atomic mass is 9.90. The van der Waals surface area contributed by atoms with Crippen LogP contribution in [-0.4, -0.2) is 41.0 Å². The fourth-order valence-electron chi connectivity index (χ4n) is 3.37. The molecule has 1 saturated carbocycles. The third-order valence-electron chi connectivity index (χ3n) is 4.88. The Morgan fingerprint density at radius 3 is 2.59 bits per heavy atom. The molecular formula is C18H26N4. The number of nitrogens with one attached hydrogen (secondary N) is 1. The minimum Gasteiger partial charge on any atom is -0.367 e. The Hall–Kier alpha value is -1.68. The first-order chi connectivity index (χ1) is 10.7. The predicted molar refractivity (Wildman–Crippen MR) is 92.3 cm³/mol. The van der Waals surface area contributed by atoms with Crippen LogP contribution >= 0.6 is 0 Å². The zero-order chi connectivity index (χ0) is 15.5. The number of nitrogens with zero attached hydrogens (tertiary/aromatic N) is 3. The van der Waals surface area contributed by atoms with Crippen molar-refractivity contribution in [3.63, 3.8) is 0 Å². The van der Waals surface area contributed by atoms with Crippen LogP contribution in [0.4, 0.5) is 5.82 Å². The van der Waals surface area contributed by atoms with E-state index in [4.69, 9.17) is 0 Å². The summed E-state index contributed by atoms with van der Waals surface area (Å²) in [6.07, 6.45) is 7.64. The number of anilines is 1. The topological polar surface area (TPSA) is 41.1 Å². The van der Waals surface area contributed by atoms with Gasteiger partial charge >= 0.3 is 0 Å². The molecule has 4 heteroatoms. The Morgan fingerprint density at radius 2 is 1.91 bits per heavy atom. The van der Waals surface area contributed by atoms with Crippen molar-refractivity contribution < 1.29 is 0 Å². The Labute approximate surface area is 133 Å². The second kappa shape index (κ2) is 6.61. The lowest BCUT2D eigenvalue weighted by Gasteiger charge is -2.33. The van der Waals surface area contributed by atoms with Gasteiger partial charge in [0.15, 0.2) is 0 Å². The van der Waals surface area contributed by atoms with E-state index in [-0.39, 0.29) is 0 Å². The maximum atomic E-state index is 4.50. The smallest absolute Gasteiger partial charge is 0.137 e. The summed E-state index contributed by atoms with van der Waals surface area (Å²) < 4.78 is 0. The minimum atomic E-state index is 0.527. The fraction of sp³-hybridized carbons (Fsp3) is 0.556. The third-order valence-corrected chi connectivity index (χ3v) is 4.88. The molecule has 0 spiro atoms. The van der Waals surface area contributed by atoms with Crippen LogP contribution in [-0.2, 0) is 6.42 Å². The Morgan fingerprint density at radius 1 is 1.14 bits per heavy atom. The highest BCUT2D eigenvalue weighted by molar-refractivity contribution is 5.89. The van der Waals surface area contributed by atoms with E-state index in [2.05, 4.69) is 59.4 Å². The lowest BCUT2D eigenvalue weighted by Crippen LogP contribution is -2.36. The van der Waals surface area contributed by atoms with Crippen molar-refractivity contribution in [2.75, 3.05) is 19.4 Å². The minimum absolute atomic E-state index is 0.527. The lowest BCUT2D eigenvalue weighted by molar-refractivity contribution is 0.221. The molecule has 1 aromatic carbocycles. The molecule has 1 aliphatic rings. The van der Waals surface area contributed by atoms with Crippen LogP contribution in [0.5, 0.6) is 0 Å². The van der Waals surface area contributed by atoms with Crippen LogP contribution in [0.2, 0.25) is 0 Å². The van der Waals surface area contributed by atoms with Gasteiger partial charge in [-0.15, -0.1) is 0 Å². The molecule has 22 heavy (non-hydrogen) atoms. The standard InChI is InChI=1S/C18H26N4/c1-4-13-5-10-17-16(11-13)18(20-12-19-17)21-14-6-8-15(9-7-14)22(2)3/h5,10-12,14-15H,4,6-9H2,1-3H3,(H,19,20,21)/t14-,15-. The average molecular weight is 298 g/mol. The summed E-state index contributed by atoms with van der Waals surface area (Å²) in [6, 6.07) is 7.74. The molecule has 4 nitrogen and oxygen atoms in total. The highest BCUT2D eigenvalue weighted by atomic mass is 15.1. The van der Waals surface area contributed by atoms with E-state index in [1.54, 1.807) is 6.33 Å². The van der Waals surface area contributed by atoms with Gasteiger partial charge in [-0.25, -0.2) is 9.97 Å². The fourth-order valence-corrected chi connectivity index (χ4v) is 3.37. The van der Waals surface area contributed by atoms with Crippen molar-refractivity contribution >= 4 is 16.7 Å². The second-order valence-corrected chi connectivity index (χ2v) is 6.54. The molecule has 0 radical (unpaired) electrons. The van der Waals surface area contributed by atoms with Crippen LogP contribution in [0.15, 0.2) is 24.5 Å². The summed E-state index contributed by atoms with van der Waals surface area (Å²) in [7, 11) is 4.37. The van der Waals surface area contributed by atoms with Gasteiger partial charge in [0.25, 0.3) is 0 Å². The maximum Gasteiger partial charge on any atom is 0.137 e. The van der Waals surface area contributed by atoms with Crippen LogP contribution in [0.25, 0.3) is 10.9 Å². The van der Waals surface area contributed by atoms with E-state index < -0.39 is 0 Å². The summed E-state index contributed by atoms with van der Waals surface area (Å²) in [5, 5.41) is 4.81. The van der Waals surface area contributed by atoms with Gasteiger partial charge in [0, 0.05) is 17.5 Å². The van der Waals surface area contributed by atoms with Gasteiger partial charge in [0.1, 0.15) is 12.1 Å². The van der Waals surface area contributed by atoms with Crippen LogP contribution in [0, 0.1) is 0 Å². The predicted octanol–water partition coefficient (Wildman–Crippen LogP) is 3.48. The zero-order valence-electron chi connectivity index (χ0n) is 13.8. The first-order valence-electron chi connectivity index (χ1n) is 8.34. The van der Waals surface area contributed by atoms with Gasteiger partial charge in [0.2, 0.25) is 0 Å². The van der Waals surface area contributed by atoms with Gasteiger partial charge in [-0.2, -0.15) is 0 Å². The van der Waals surface area contributed by atoms with E-state index >= 15 is 0 Å². The average Bonchev–Trinajstić information content (AvgIpc) is 2.55. The second-order valence-electron chi connectivity index (χ2n) is 6.54. The Balaban J connectivity index is 1.77. The number of aromatic nitrogens is 2. The first kappa shape index (κ1) is 15.2. The van der Waals surface area contributed by atoms with E-state index in [0.717, 1.165) is 29.2 Å². The normalized spacial score (nSPS) is 22.2. The van der Waals surface area contributed by atoms with Crippen LogP contribution in [0.1, 0.15) is 38.2 Å². The van der Waals surface area contributed by atoms with Crippen molar-refractivity contribution in [3.05, 3.63) is 30.1 Å². The van der Waals surface area contributed by atoms with Gasteiger partial charge in [-0.05, 0) is 63.9 Å². The highest BCUT2D eigenvalue weighted by Gasteiger charge is 2.22. The molecule has 1 N–H and O–H groups in total. The molecule has 0 unspecified atom stereocenters. The molecule has 0 saturated heterocycles. The van der Waals surface area contributed by atoms with Crippen LogP contribution < -0.4 is 5.32 Å². The van der Waals surface area contributed by atoms with Crippen molar-refractivity contribution in [1.82, 2.24) is 14.9 Å². The summed E-state index contributed by atoms with van der Waals surface area (Å²) in [5.41, 5.74) is 2.36. The molecule has 1 aliphatic carbocycles. The molecule has 2 aromatic rings. The van der Waals surface area contributed by atoms with Gasteiger partial charge in [-0.3, -0.25) is 0 Å². The SMILES string of the molecule is CCc1ccc2ncnc(N[C@H]3CC[C@H](N(C)C)CC3)c2c1. The molecule has 0 amide bonds. The Kier molecular flexibility index (Phi) is 4.57. The quantitative estimate of drug-likeness (QED) is 0.938. The van der Waals surface area contributed by atoms with Gasteiger partial charge in [-0.1, -0.05) is 13.0 Å². The van der Waals surface area contributed by atoms with Crippen molar-refractivity contribution in [2.45, 2.75) is 51.1 Å². The van der Waals surface area contributed by atoms with E-state index in [1.165, 1.54) is 31.2 Å². The van der Waals surface area contributed by atoms with Gasteiger partial charge in [0.05, 0.1) is 5.52 Å². The summed E-state index contributed by atoms with van der Waals surface area (Å²) >= 11 is 0. The van der Waals surface area contributed by atoms with Gasteiger partial charge < -0.3 is 10.2 Å². The molecule has 1 aromatic heterocycles. The monoisotopic (exact) mass is 298 g/mol. The molecule has 0 aliphatic heterocycles.